The van der Waals surface area contributed by atoms with Crippen LogP contribution in [-0.4, -0.2) is 27.4 Å². The van der Waals surface area contributed by atoms with Gasteiger partial charge in [0.2, 0.25) is 0 Å². The molecule has 0 aliphatic heterocycles. The Morgan fingerprint density at radius 3 is 1.24 bits per heavy atom. The highest BCUT2D eigenvalue weighted by atomic mass is 16.2. The number of hydrogen-bond donors (Lipinski definition) is 0. The van der Waals surface area contributed by atoms with Crippen molar-refractivity contribution in [1.82, 2.24) is 27.4 Å². The van der Waals surface area contributed by atoms with Gasteiger partial charge in [0, 0.05) is 49.6 Å². The van der Waals surface area contributed by atoms with Gasteiger partial charge in [-0.3, -0.25) is 0 Å². The highest BCUT2D eigenvalue weighted by Crippen LogP contribution is 1.83. The summed E-state index contributed by atoms with van der Waals surface area (Å²) in [5.74, 6) is 4.43. The summed E-state index contributed by atoms with van der Waals surface area (Å²) in [6.07, 6.45) is 6.57. The van der Waals surface area contributed by atoms with Gasteiger partial charge in [0.1, 0.15) is 0 Å². The molecule has 0 amide bonds. The summed E-state index contributed by atoms with van der Waals surface area (Å²) in [7, 11) is 0. The average Bonchev–Trinajstić information content (AvgIpc) is 2.79. The largest absolute Gasteiger partial charge is 0.360 e. The third-order valence-corrected chi connectivity index (χ3v) is 4.40. The van der Waals surface area contributed by atoms with Crippen molar-refractivity contribution in [2.45, 2.75) is 59.7 Å². The second-order valence-electron chi connectivity index (χ2n) is 6.76. The van der Waals surface area contributed by atoms with E-state index in [1.54, 1.807) is 20.8 Å². The van der Waals surface area contributed by atoms with Gasteiger partial charge < -0.3 is 0 Å². The average molecular weight is 454 g/mol. The second kappa shape index (κ2) is 10.7. The van der Waals surface area contributed by atoms with Gasteiger partial charge in [0.15, 0.2) is 0 Å². The molecule has 0 aromatic carbocycles. The van der Waals surface area contributed by atoms with Crippen molar-refractivity contribution in [3.05, 3.63) is 62.9 Å². The number of hydrogen-bond acceptors (Lipinski definition) is 6. The molecule has 0 aliphatic carbocycles. The van der Waals surface area contributed by atoms with E-state index in [1.807, 2.05) is 6.04 Å². The first-order valence-electron chi connectivity index (χ1n) is 10.2. The molecular weight excluding hydrogens is 432 g/mol. The lowest BCUT2D eigenvalue weighted by Crippen LogP contribution is -2.53. The van der Waals surface area contributed by atoms with Gasteiger partial charge in [-0.2, -0.15) is 13.7 Å². The van der Waals surface area contributed by atoms with Crippen LogP contribution in [0.25, 0.3) is 0 Å². The Morgan fingerprint density at radius 2 is 0.879 bits per heavy atom. The summed E-state index contributed by atoms with van der Waals surface area (Å²) in [5.41, 5.74) is -5.66. The summed E-state index contributed by atoms with van der Waals surface area (Å²) in [6.45, 7) is 5.45. The molecule has 172 valence electrons. The van der Waals surface area contributed by atoms with E-state index in [0.29, 0.717) is 33.0 Å². The molecule has 2 heterocycles. The van der Waals surface area contributed by atoms with Gasteiger partial charge in [0.05, 0.1) is 0 Å². The summed E-state index contributed by atoms with van der Waals surface area (Å²) < 4.78 is 3.92. The Kier molecular flexibility index (Phi) is 8.02. The van der Waals surface area contributed by atoms with Crippen LogP contribution in [0.15, 0.2) is 28.8 Å². The molecule has 0 N–H and O–H groups in total. The van der Waals surface area contributed by atoms with E-state index in [-0.39, 0.29) is 19.6 Å². The van der Waals surface area contributed by atoms with Crippen LogP contribution in [0.4, 0.5) is 0 Å². The highest BCUT2D eigenvalue weighted by Gasteiger charge is 2.14. The lowest BCUT2D eigenvalue weighted by atomic mass is 10.4. The van der Waals surface area contributed by atoms with Crippen molar-refractivity contribution in [1.29, 1.82) is 0 Å². The second-order valence-corrected chi connectivity index (χ2v) is 6.76. The summed E-state index contributed by atoms with van der Waals surface area (Å²) in [5, 5.41) is 0. The molecular formula is C21H22N6O6. The van der Waals surface area contributed by atoms with Gasteiger partial charge in [-0.15, -0.1) is 0 Å². The molecule has 0 fully saturated rings. The van der Waals surface area contributed by atoms with E-state index >= 15 is 0 Å². The first-order valence-corrected chi connectivity index (χ1v) is 10.2. The Labute approximate surface area is 187 Å². The topological polar surface area (TPSA) is 132 Å². The van der Waals surface area contributed by atoms with Crippen molar-refractivity contribution in [2.24, 2.45) is 0 Å². The Morgan fingerprint density at radius 1 is 0.545 bits per heavy atom. The molecule has 0 spiro atoms. The van der Waals surface area contributed by atoms with E-state index < -0.39 is 34.1 Å². The van der Waals surface area contributed by atoms with E-state index in [1.165, 1.54) is 0 Å². The van der Waals surface area contributed by atoms with Gasteiger partial charge >= 0.3 is 34.1 Å². The lowest BCUT2D eigenvalue weighted by Gasteiger charge is -2.09. The van der Waals surface area contributed by atoms with Gasteiger partial charge in [-0.1, -0.05) is 27.2 Å². The fourth-order valence-corrected chi connectivity index (χ4v) is 2.93. The minimum atomic E-state index is -1.15. The van der Waals surface area contributed by atoms with E-state index in [4.69, 9.17) is 6.42 Å². The standard InChI is InChI=1S/C21H22N6O6/c1-5-11-23-16(28)22(8-4)17(29)26(19(23)31)14-9-10-15-27-20(32)24(12-6-2)18(30)25(13-7-3)21(27)33/h4H,5-7,11-13H2,1-3H3. The third kappa shape index (κ3) is 4.73. The van der Waals surface area contributed by atoms with Crippen LogP contribution >= 0.6 is 0 Å². The fraction of sp³-hybridized carbons (Fsp3) is 0.429. The van der Waals surface area contributed by atoms with Crippen molar-refractivity contribution in [3.8, 4) is 36.4 Å². The maximum absolute atomic E-state index is 12.6. The predicted octanol–water partition coefficient (Wildman–Crippen LogP) is -2.36. The van der Waals surface area contributed by atoms with Crippen molar-refractivity contribution in [3.63, 3.8) is 0 Å². The zero-order chi connectivity index (χ0) is 24.7. The SMILES string of the molecule is C#Cn1c(=O)n(C#CC#Cn2c(=O)n(CCC)c(=O)n(CCC)c2=O)c(=O)n(CCC)c1=O. The van der Waals surface area contributed by atoms with Crippen molar-refractivity contribution >= 4 is 0 Å². The molecule has 33 heavy (non-hydrogen) atoms. The number of aromatic nitrogens is 6. The van der Waals surface area contributed by atoms with Crippen LogP contribution in [-0.2, 0) is 19.6 Å². The molecule has 0 atom stereocenters. The highest BCUT2D eigenvalue weighted by molar-refractivity contribution is 5.26. The monoisotopic (exact) mass is 454 g/mol. The third-order valence-electron chi connectivity index (χ3n) is 4.40. The minimum Gasteiger partial charge on any atom is -0.247 e. The molecule has 2 aromatic rings. The summed E-state index contributed by atoms with van der Waals surface area (Å²) >= 11 is 0. The van der Waals surface area contributed by atoms with Gasteiger partial charge in [-0.25, -0.2) is 42.5 Å². The molecule has 12 nitrogen and oxygen atoms in total. The molecule has 12 heteroatoms. The first kappa shape index (κ1) is 24.8. The quantitative estimate of drug-likeness (QED) is 0.449. The molecule has 0 saturated carbocycles. The van der Waals surface area contributed by atoms with Crippen LogP contribution < -0.4 is 34.1 Å². The maximum Gasteiger partial charge on any atom is 0.360 e. The van der Waals surface area contributed by atoms with Crippen molar-refractivity contribution in [2.75, 3.05) is 0 Å². The van der Waals surface area contributed by atoms with Crippen molar-refractivity contribution < 1.29 is 0 Å². The van der Waals surface area contributed by atoms with E-state index in [9.17, 15) is 28.8 Å². The number of terminal acetylenes is 1. The lowest BCUT2D eigenvalue weighted by molar-refractivity contribution is 0.484. The van der Waals surface area contributed by atoms with Gasteiger partial charge in [-0.05, 0) is 19.3 Å². The van der Waals surface area contributed by atoms with Crippen LogP contribution in [0, 0.1) is 36.4 Å². The van der Waals surface area contributed by atoms with E-state index in [2.05, 4.69) is 23.9 Å². The van der Waals surface area contributed by atoms with Gasteiger partial charge in [0.25, 0.3) is 0 Å². The summed E-state index contributed by atoms with van der Waals surface area (Å²) in [4.78, 5) is 74.5. The molecule has 0 saturated heterocycles. The van der Waals surface area contributed by atoms with Crippen LogP contribution in [0.2, 0.25) is 0 Å². The minimum absolute atomic E-state index is 0.0122. The van der Waals surface area contributed by atoms with Crippen LogP contribution in [0.1, 0.15) is 40.0 Å². The normalized spacial score (nSPS) is 10.0. The Balaban J connectivity index is 2.72. The smallest absolute Gasteiger partial charge is 0.247 e. The zero-order valence-electron chi connectivity index (χ0n) is 18.5. The van der Waals surface area contributed by atoms with Crippen LogP contribution in [0.5, 0.6) is 0 Å². The zero-order valence-corrected chi connectivity index (χ0v) is 18.5. The molecule has 0 unspecified atom stereocenters. The van der Waals surface area contributed by atoms with E-state index in [0.717, 1.165) is 13.7 Å². The Bertz CT molecular complexity index is 1550. The molecule has 0 radical (unpaired) electrons. The molecule has 0 aliphatic rings. The Hall–Kier alpha value is -4.50. The number of rotatable bonds is 6. The maximum atomic E-state index is 12.6. The molecule has 2 rings (SSSR count). The fourth-order valence-electron chi connectivity index (χ4n) is 2.93. The molecule has 0 bridgehead atoms. The number of nitrogens with zero attached hydrogens (tertiary/aromatic N) is 6. The molecule has 2 aromatic heterocycles. The van der Waals surface area contributed by atoms with Crippen LogP contribution in [0.3, 0.4) is 0 Å². The predicted molar refractivity (Wildman–Crippen MR) is 120 cm³/mol. The first-order chi connectivity index (χ1) is 15.7. The summed E-state index contributed by atoms with van der Waals surface area (Å²) in [6, 6.07) is 6.32.